The summed E-state index contributed by atoms with van der Waals surface area (Å²) in [5, 5.41) is 0. The number of benzene rings is 1. The minimum Gasteiger partial charge on any atom is -0.274 e. The first kappa shape index (κ1) is 26.0. The molecule has 0 aliphatic rings. The molecule has 1 rings (SSSR count). The van der Waals surface area contributed by atoms with Crippen LogP contribution >= 0.6 is 0 Å². The average Bonchev–Trinajstić information content (AvgIpc) is 2.51. The molecule has 0 aliphatic heterocycles. The molecule has 0 saturated carbocycles. The van der Waals surface area contributed by atoms with E-state index in [2.05, 4.69) is 8.37 Å². The van der Waals surface area contributed by atoms with E-state index in [1.54, 1.807) is 12.1 Å². The van der Waals surface area contributed by atoms with Crippen molar-refractivity contribution in [3.05, 3.63) is 29.8 Å². The molecule has 6 nitrogen and oxygen atoms in total. The van der Waals surface area contributed by atoms with Crippen LogP contribution in [-0.2, 0) is 28.6 Å². The Bertz CT molecular complexity index is 560. The van der Waals surface area contributed by atoms with Crippen LogP contribution < -0.4 is 0 Å². The minimum atomic E-state index is -3.51. The quantitative estimate of drug-likeness (QED) is 0.774. The topological polar surface area (TPSA) is 86.7 Å². The molecule has 0 saturated heterocycles. The van der Waals surface area contributed by atoms with Crippen LogP contribution in [-0.4, -0.2) is 37.3 Å². The lowest BCUT2D eigenvalue weighted by atomic mass is 10.2. The largest absolute Gasteiger partial charge is 0.296 e. The third-order valence-corrected chi connectivity index (χ3v) is 3.73. The second-order valence-electron chi connectivity index (χ2n) is 3.30. The lowest BCUT2D eigenvalue weighted by Crippen LogP contribution is -2.02. The van der Waals surface area contributed by atoms with Gasteiger partial charge in [0.2, 0.25) is 0 Å². The highest BCUT2D eigenvalue weighted by atomic mass is 32.2. The molecule has 0 aromatic heterocycles. The van der Waals surface area contributed by atoms with Crippen LogP contribution in [0.2, 0.25) is 0 Å². The Labute approximate surface area is 135 Å². The summed E-state index contributed by atoms with van der Waals surface area (Å²) in [5.74, 6) is 0. The summed E-state index contributed by atoms with van der Waals surface area (Å²) in [6.45, 7) is 9.89. The fraction of sp³-hybridized carbons (Fsp3) is 0.571. The molecular weight excluding hydrogens is 328 g/mol. The van der Waals surface area contributed by atoms with Crippen molar-refractivity contribution in [2.75, 3.05) is 20.5 Å². The van der Waals surface area contributed by atoms with Crippen LogP contribution in [0.4, 0.5) is 0 Å². The maximum absolute atomic E-state index is 11.1. The van der Waals surface area contributed by atoms with Crippen molar-refractivity contribution in [3.8, 4) is 0 Å². The van der Waals surface area contributed by atoms with Crippen molar-refractivity contribution in [1.82, 2.24) is 0 Å². The molecule has 0 heterocycles. The van der Waals surface area contributed by atoms with Gasteiger partial charge in [-0.1, -0.05) is 45.4 Å². The van der Waals surface area contributed by atoms with E-state index in [4.69, 9.17) is 0 Å². The molecule has 0 fully saturated rings. The molecule has 132 valence electrons. The Kier molecular flexibility index (Phi) is 16.2. The van der Waals surface area contributed by atoms with Crippen LogP contribution in [0.15, 0.2) is 29.2 Å². The second-order valence-corrected chi connectivity index (χ2v) is 6.76. The van der Waals surface area contributed by atoms with Gasteiger partial charge in [0.15, 0.2) is 0 Å². The molecule has 8 heteroatoms. The van der Waals surface area contributed by atoms with Gasteiger partial charge in [-0.25, -0.2) is 0 Å². The van der Waals surface area contributed by atoms with Gasteiger partial charge >= 0.3 is 0 Å². The maximum Gasteiger partial charge on any atom is 0.296 e. The van der Waals surface area contributed by atoms with Crippen molar-refractivity contribution in [2.45, 2.75) is 39.5 Å². The van der Waals surface area contributed by atoms with Crippen LogP contribution in [0.3, 0.4) is 0 Å². The summed E-state index contributed by atoms with van der Waals surface area (Å²) in [4.78, 5) is 0.190. The fourth-order valence-corrected chi connectivity index (χ4v) is 1.46. The van der Waals surface area contributed by atoms with Gasteiger partial charge in [0.25, 0.3) is 20.2 Å². The van der Waals surface area contributed by atoms with Gasteiger partial charge in [-0.3, -0.25) is 8.37 Å². The maximum atomic E-state index is 11.1. The number of hydrogen-bond donors (Lipinski definition) is 0. The zero-order valence-corrected chi connectivity index (χ0v) is 16.2. The summed E-state index contributed by atoms with van der Waals surface area (Å²) < 4.78 is 50.0. The van der Waals surface area contributed by atoms with Gasteiger partial charge in [0.1, 0.15) is 0 Å². The van der Waals surface area contributed by atoms with Gasteiger partial charge in [0, 0.05) is 0 Å². The summed E-state index contributed by atoms with van der Waals surface area (Å²) in [6, 6.07) is 6.50. The van der Waals surface area contributed by atoms with Crippen LogP contribution in [0.25, 0.3) is 0 Å². The van der Waals surface area contributed by atoms with E-state index >= 15 is 0 Å². The first-order chi connectivity index (χ1) is 10.1. The highest BCUT2D eigenvalue weighted by molar-refractivity contribution is 7.86. The van der Waals surface area contributed by atoms with Gasteiger partial charge in [-0.2, -0.15) is 16.8 Å². The molecule has 0 spiro atoms. The Hall–Kier alpha value is -0.960. The van der Waals surface area contributed by atoms with Crippen LogP contribution in [0.5, 0.6) is 0 Å². The molecule has 0 amide bonds. The first-order valence-corrected chi connectivity index (χ1v) is 9.97. The Morgan fingerprint density at radius 1 is 0.773 bits per heavy atom. The summed E-state index contributed by atoms with van der Waals surface area (Å²) >= 11 is 0. The fourth-order valence-electron chi connectivity index (χ4n) is 0.801. The molecule has 1 aromatic carbocycles. The molecular formula is C14H28O6S2. The van der Waals surface area contributed by atoms with Crippen molar-refractivity contribution in [1.29, 1.82) is 0 Å². The number of hydrogen-bond acceptors (Lipinski definition) is 6. The molecule has 0 radical (unpaired) electrons. The van der Waals surface area contributed by atoms with E-state index in [0.29, 0.717) is 0 Å². The predicted octanol–water partition coefficient (Wildman–Crippen LogP) is 2.97. The lowest BCUT2D eigenvalue weighted by molar-refractivity contribution is 0.397. The second kappa shape index (κ2) is 13.7. The predicted molar refractivity (Wildman–Crippen MR) is 89.9 cm³/mol. The normalized spacial score (nSPS) is 10.0. The Morgan fingerprint density at radius 3 is 1.32 bits per heavy atom. The van der Waals surface area contributed by atoms with Gasteiger partial charge < -0.3 is 0 Å². The molecule has 0 atom stereocenters. The van der Waals surface area contributed by atoms with Crippen LogP contribution in [0.1, 0.15) is 33.3 Å². The third kappa shape index (κ3) is 14.0. The third-order valence-electron chi connectivity index (χ3n) is 1.83. The van der Waals surface area contributed by atoms with E-state index in [-0.39, 0.29) is 4.90 Å². The highest BCUT2D eigenvalue weighted by Crippen LogP contribution is 2.11. The van der Waals surface area contributed by atoms with Crippen molar-refractivity contribution >= 4 is 20.2 Å². The van der Waals surface area contributed by atoms with Crippen LogP contribution in [0, 0.1) is 6.92 Å². The Balaban J connectivity index is -0.000000306. The van der Waals surface area contributed by atoms with E-state index in [1.165, 1.54) is 12.1 Å². The molecule has 0 aliphatic carbocycles. The van der Waals surface area contributed by atoms with Gasteiger partial charge in [0.05, 0.1) is 25.4 Å². The first-order valence-electron chi connectivity index (χ1n) is 6.75. The summed E-state index contributed by atoms with van der Waals surface area (Å²) in [5.41, 5.74) is 1.02. The average molecular weight is 357 g/mol. The summed E-state index contributed by atoms with van der Waals surface area (Å²) in [6.07, 6.45) is 0.993. The monoisotopic (exact) mass is 356 g/mol. The van der Waals surface area contributed by atoms with E-state index in [1.807, 2.05) is 34.6 Å². The van der Waals surface area contributed by atoms with Gasteiger partial charge in [-0.15, -0.1) is 0 Å². The van der Waals surface area contributed by atoms with Crippen molar-refractivity contribution < 1.29 is 25.2 Å². The van der Waals surface area contributed by atoms with E-state index in [9.17, 15) is 16.8 Å². The number of aryl methyl sites for hydroxylation is 1. The molecule has 0 bridgehead atoms. The number of rotatable bonds is 3. The van der Waals surface area contributed by atoms with Gasteiger partial charge in [-0.05, 0) is 19.1 Å². The minimum absolute atomic E-state index is 0.190. The molecule has 0 unspecified atom stereocenters. The Morgan fingerprint density at radius 2 is 1.09 bits per heavy atom. The van der Waals surface area contributed by atoms with E-state index in [0.717, 1.165) is 26.0 Å². The van der Waals surface area contributed by atoms with Crippen molar-refractivity contribution in [2.24, 2.45) is 0 Å². The zero-order valence-electron chi connectivity index (χ0n) is 14.6. The smallest absolute Gasteiger partial charge is 0.274 e. The highest BCUT2D eigenvalue weighted by Gasteiger charge is 2.10. The van der Waals surface area contributed by atoms with E-state index < -0.39 is 20.2 Å². The van der Waals surface area contributed by atoms with Crippen molar-refractivity contribution in [3.63, 3.8) is 0 Å². The SMILES string of the molecule is CC.CC.COS(=O)(=O)c1ccc(C)cc1.COS(C)(=O)=O. The molecule has 22 heavy (non-hydrogen) atoms. The molecule has 0 N–H and O–H groups in total. The lowest BCUT2D eigenvalue weighted by Gasteiger charge is -2.00. The molecule has 1 aromatic rings. The summed E-state index contributed by atoms with van der Waals surface area (Å²) in [7, 11) is -4.41. The standard InChI is InChI=1S/C8H10O3S.C2H6O3S.2C2H6/c1-7-3-5-8(6-4-7)12(9,10)11-2;1-5-6(2,3)4;2*1-2/h3-6H,1-2H3;1-2H3;2*1-2H3. The zero-order chi connectivity index (χ0) is 18.4.